The number of halogens is 3. The van der Waals surface area contributed by atoms with E-state index in [2.05, 4.69) is 5.10 Å². The van der Waals surface area contributed by atoms with Gasteiger partial charge in [0.05, 0.1) is 26.9 Å². The molecule has 142 valence electrons. The SMILES string of the molecule is [2H]c1cc(C(F)F)nn1-c1ccc(F)cc1C(C)OCc1ccc(OC)cc1. The molecule has 1 heterocycles. The lowest BCUT2D eigenvalue weighted by Gasteiger charge is -2.18. The van der Waals surface area contributed by atoms with Crippen LogP contribution < -0.4 is 4.74 Å². The second-order valence-corrected chi connectivity index (χ2v) is 5.92. The van der Waals surface area contributed by atoms with Gasteiger partial charge in [0.25, 0.3) is 6.43 Å². The molecule has 0 radical (unpaired) electrons. The third-order valence-corrected chi connectivity index (χ3v) is 4.09. The average molecular weight is 377 g/mol. The maximum atomic E-state index is 13.8. The molecule has 0 saturated heterocycles. The molecule has 0 aliphatic heterocycles. The number of methoxy groups -OCH3 is 1. The maximum Gasteiger partial charge on any atom is 0.282 e. The van der Waals surface area contributed by atoms with Crippen molar-refractivity contribution in [1.82, 2.24) is 9.78 Å². The Kier molecular flexibility index (Phi) is 5.39. The summed E-state index contributed by atoms with van der Waals surface area (Å²) in [7, 11) is 1.58. The van der Waals surface area contributed by atoms with Crippen LogP contribution in [0.5, 0.6) is 5.75 Å². The number of hydrogen-bond donors (Lipinski definition) is 0. The van der Waals surface area contributed by atoms with E-state index in [1.807, 2.05) is 12.1 Å². The van der Waals surface area contributed by atoms with Crippen molar-refractivity contribution in [3.8, 4) is 11.4 Å². The van der Waals surface area contributed by atoms with Crippen LogP contribution >= 0.6 is 0 Å². The van der Waals surface area contributed by atoms with Crippen LogP contribution in [0.15, 0.2) is 54.7 Å². The normalized spacial score (nSPS) is 12.9. The van der Waals surface area contributed by atoms with Crippen molar-refractivity contribution in [1.29, 1.82) is 0 Å². The monoisotopic (exact) mass is 377 g/mol. The molecule has 1 atom stereocenters. The van der Waals surface area contributed by atoms with Gasteiger partial charge in [-0.3, -0.25) is 0 Å². The van der Waals surface area contributed by atoms with Crippen molar-refractivity contribution in [2.45, 2.75) is 26.1 Å². The lowest BCUT2D eigenvalue weighted by atomic mass is 10.1. The second-order valence-electron chi connectivity index (χ2n) is 5.92. The molecule has 3 rings (SSSR count). The van der Waals surface area contributed by atoms with Crippen LogP contribution in [0.25, 0.3) is 5.69 Å². The molecule has 4 nitrogen and oxygen atoms in total. The summed E-state index contributed by atoms with van der Waals surface area (Å²) < 4.78 is 59.6. The predicted octanol–water partition coefficient (Wildman–Crippen LogP) is 5.24. The fraction of sp³-hybridized carbons (Fsp3) is 0.250. The number of benzene rings is 2. The van der Waals surface area contributed by atoms with Crippen molar-refractivity contribution in [2.24, 2.45) is 0 Å². The Labute approximate surface area is 156 Å². The molecule has 27 heavy (non-hydrogen) atoms. The van der Waals surface area contributed by atoms with Crippen LogP contribution in [-0.2, 0) is 11.3 Å². The van der Waals surface area contributed by atoms with Crippen LogP contribution in [0.4, 0.5) is 13.2 Å². The molecule has 1 unspecified atom stereocenters. The minimum atomic E-state index is -2.79. The van der Waals surface area contributed by atoms with Crippen LogP contribution in [0, 0.1) is 5.82 Å². The van der Waals surface area contributed by atoms with Gasteiger partial charge in [-0.1, -0.05) is 12.1 Å². The summed E-state index contributed by atoms with van der Waals surface area (Å²) in [6, 6.07) is 12.1. The predicted molar refractivity (Wildman–Crippen MR) is 94.7 cm³/mol. The minimum Gasteiger partial charge on any atom is -0.497 e. The van der Waals surface area contributed by atoms with E-state index in [0.717, 1.165) is 22.1 Å². The average Bonchev–Trinajstić information content (AvgIpc) is 3.08. The van der Waals surface area contributed by atoms with Gasteiger partial charge >= 0.3 is 0 Å². The number of ether oxygens (including phenoxy) is 2. The lowest BCUT2D eigenvalue weighted by molar-refractivity contribution is 0.0522. The highest BCUT2D eigenvalue weighted by atomic mass is 19.3. The third kappa shape index (κ3) is 4.49. The van der Waals surface area contributed by atoms with Gasteiger partial charge in [0, 0.05) is 11.7 Å². The number of hydrogen-bond acceptors (Lipinski definition) is 3. The van der Waals surface area contributed by atoms with Crippen molar-refractivity contribution >= 4 is 0 Å². The molecule has 1 aromatic heterocycles. The van der Waals surface area contributed by atoms with Crippen molar-refractivity contribution < 1.29 is 24.0 Å². The van der Waals surface area contributed by atoms with Crippen molar-refractivity contribution in [3.63, 3.8) is 0 Å². The zero-order chi connectivity index (χ0) is 20.3. The smallest absolute Gasteiger partial charge is 0.282 e. The van der Waals surface area contributed by atoms with E-state index in [0.29, 0.717) is 11.3 Å². The molecule has 0 N–H and O–H groups in total. The van der Waals surface area contributed by atoms with Gasteiger partial charge in [-0.05, 0) is 48.9 Å². The summed E-state index contributed by atoms with van der Waals surface area (Å²) in [5.74, 6) is 0.229. The van der Waals surface area contributed by atoms with Gasteiger partial charge in [-0.15, -0.1) is 0 Å². The van der Waals surface area contributed by atoms with Gasteiger partial charge in [0.2, 0.25) is 0 Å². The number of rotatable bonds is 7. The molecular formula is C20H19F3N2O2. The molecule has 3 aromatic rings. The lowest BCUT2D eigenvalue weighted by Crippen LogP contribution is -2.08. The Bertz CT molecular complexity index is 945. The summed E-state index contributed by atoms with van der Waals surface area (Å²) in [5.41, 5.74) is 1.12. The van der Waals surface area contributed by atoms with Gasteiger partial charge in [0.1, 0.15) is 17.3 Å². The highest BCUT2D eigenvalue weighted by Gasteiger charge is 2.17. The first-order chi connectivity index (χ1) is 13.4. The Morgan fingerprint density at radius 3 is 2.52 bits per heavy atom. The topological polar surface area (TPSA) is 36.3 Å². The summed E-state index contributed by atoms with van der Waals surface area (Å²) >= 11 is 0. The second kappa shape index (κ2) is 8.26. The molecule has 7 heteroatoms. The zero-order valence-corrected chi connectivity index (χ0v) is 14.8. The van der Waals surface area contributed by atoms with E-state index < -0.39 is 24.0 Å². The molecule has 0 bridgehead atoms. The maximum absolute atomic E-state index is 13.8. The van der Waals surface area contributed by atoms with E-state index in [9.17, 15) is 13.2 Å². The largest absolute Gasteiger partial charge is 0.497 e. The van der Waals surface area contributed by atoms with Gasteiger partial charge in [-0.25, -0.2) is 17.9 Å². The van der Waals surface area contributed by atoms with E-state index in [1.54, 1.807) is 26.2 Å². The highest BCUT2D eigenvalue weighted by Crippen LogP contribution is 2.27. The van der Waals surface area contributed by atoms with E-state index in [4.69, 9.17) is 10.8 Å². The van der Waals surface area contributed by atoms with E-state index in [1.165, 1.54) is 18.2 Å². The Hall–Kier alpha value is -2.80. The minimum absolute atomic E-state index is 0.217. The fourth-order valence-corrected chi connectivity index (χ4v) is 2.61. The fourth-order valence-electron chi connectivity index (χ4n) is 2.61. The van der Waals surface area contributed by atoms with Crippen LogP contribution in [0.2, 0.25) is 0 Å². The summed E-state index contributed by atoms with van der Waals surface area (Å²) in [4.78, 5) is 0. The van der Waals surface area contributed by atoms with Crippen LogP contribution in [-0.4, -0.2) is 16.9 Å². The Morgan fingerprint density at radius 2 is 1.89 bits per heavy atom. The number of nitrogens with zero attached hydrogens (tertiary/aromatic N) is 2. The molecule has 0 amide bonds. The van der Waals surface area contributed by atoms with Crippen molar-refractivity contribution in [3.05, 3.63) is 77.3 Å². The van der Waals surface area contributed by atoms with E-state index >= 15 is 0 Å². The van der Waals surface area contributed by atoms with E-state index in [-0.39, 0.29) is 12.8 Å². The quantitative estimate of drug-likeness (QED) is 0.565. The van der Waals surface area contributed by atoms with Gasteiger partial charge in [0.15, 0.2) is 0 Å². The highest BCUT2D eigenvalue weighted by molar-refractivity contribution is 5.42. The number of alkyl halides is 2. The van der Waals surface area contributed by atoms with Crippen LogP contribution in [0.3, 0.4) is 0 Å². The first-order valence-corrected chi connectivity index (χ1v) is 8.28. The molecular weight excluding hydrogens is 357 g/mol. The first kappa shape index (κ1) is 17.6. The summed E-state index contributed by atoms with van der Waals surface area (Å²) in [5, 5.41) is 3.78. The Morgan fingerprint density at radius 1 is 1.15 bits per heavy atom. The standard InChI is InChI=1S/C20H19F3N2O2/c1-13(27-12-14-3-6-16(26-2)7-4-14)17-11-15(21)5-8-19(17)25-10-9-18(24-25)20(22)23/h3-11,13,20H,12H2,1-2H3/i10D. The van der Waals surface area contributed by atoms with Crippen molar-refractivity contribution in [2.75, 3.05) is 7.11 Å². The molecule has 0 saturated carbocycles. The molecule has 0 aliphatic carbocycles. The van der Waals surface area contributed by atoms with Crippen LogP contribution in [0.1, 0.15) is 37.6 Å². The zero-order valence-electron chi connectivity index (χ0n) is 15.8. The number of aromatic nitrogens is 2. The third-order valence-electron chi connectivity index (χ3n) is 4.09. The van der Waals surface area contributed by atoms with Gasteiger partial charge < -0.3 is 9.47 Å². The summed E-state index contributed by atoms with van der Waals surface area (Å²) in [6.07, 6.45) is -3.57. The Balaban J connectivity index is 1.85. The molecule has 0 fully saturated rings. The van der Waals surface area contributed by atoms with Gasteiger partial charge in [-0.2, -0.15) is 5.10 Å². The first-order valence-electron chi connectivity index (χ1n) is 8.78. The molecule has 0 aliphatic rings. The molecule has 2 aromatic carbocycles. The molecule has 0 spiro atoms. The summed E-state index contributed by atoms with van der Waals surface area (Å²) in [6.45, 7) is 1.99.